The molecular formula is C40H37N3O5S. The number of amides is 3. The second-order valence-corrected chi connectivity index (χ2v) is 12.3. The summed E-state index contributed by atoms with van der Waals surface area (Å²) >= 11 is 1.37. The minimum Gasteiger partial charge on any atom is -0.497 e. The maximum Gasteiger partial charge on any atom is 0.272 e. The zero-order valence-electron chi connectivity index (χ0n) is 27.7. The maximum atomic E-state index is 13.8. The van der Waals surface area contributed by atoms with Gasteiger partial charge >= 0.3 is 0 Å². The van der Waals surface area contributed by atoms with E-state index in [1.807, 2.05) is 74.5 Å². The van der Waals surface area contributed by atoms with Crippen molar-refractivity contribution in [2.75, 3.05) is 24.9 Å². The fraction of sp³-hybridized carbons (Fsp3) is 0.125. The molecule has 0 radical (unpaired) electrons. The molecule has 8 nitrogen and oxygen atoms in total. The van der Waals surface area contributed by atoms with E-state index in [0.29, 0.717) is 28.3 Å². The summed E-state index contributed by atoms with van der Waals surface area (Å²) in [5.74, 6) is -0.111. The molecule has 5 aromatic rings. The van der Waals surface area contributed by atoms with Gasteiger partial charge in [0.2, 0.25) is 5.91 Å². The molecule has 248 valence electrons. The van der Waals surface area contributed by atoms with Crippen molar-refractivity contribution in [2.45, 2.75) is 24.0 Å². The summed E-state index contributed by atoms with van der Waals surface area (Å²) in [6.07, 6.45) is 1.55. The largest absolute Gasteiger partial charge is 0.497 e. The van der Waals surface area contributed by atoms with Gasteiger partial charge in [0.25, 0.3) is 11.8 Å². The number of carbonyl (C=O) groups excluding carboxylic acids is 3. The molecule has 0 saturated heterocycles. The molecule has 0 aliphatic rings. The molecule has 9 heteroatoms. The van der Waals surface area contributed by atoms with Crippen LogP contribution in [0.2, 0.25) is 0 Å². The Morgan fingerprint density at radius 3 is 2.16 bits per heavy atom. The van der Waals surface area contributed by atoms with E-state index < -0.39 is 17.1 Å². The van der Waals surface area contributed by atoms with Gasteiger partial charge in [-0.05, 0) is 85.1 Å². The van der Waals surface area contributed by atoms with Crippen LogP contribution in [0.3, 0.4) is 0 Å². The molecule has 0 heterocycles. The summed E-state index contributed by atoms with van der Waals surface area (Å²) in [6, 6.07) is 36.4. The van der Waals surface area contributed by atoms with E-state index in [1.165, 1.54) is 18.9 Å². The highest BCUT2D eigenvalue weighted by Gasteiger charge is 2.23. The molecule has 0 aliphatic heterocycles. The summed E-state index contributed by atoms with van der Waals surface area (Å²) in [5.41, 5.74) is 5.14. The molecule has 3 N–H and O–H groups in total. The number of ether oxygens (including phenoxy) is 2. The highest BCUT2D eigenvalue weighted by Crippen LogP contribution is 2.37. The van der Waals surface area contributed by atoms with E-state index in [0.717, 1.165) is 27.3 Å². The highest BCUT2D eigenvalue weighted by molar-refractivity contribution is 8.00. The Labute approximate surface area is 290 Å². The Balaban J connectivity index is 1.41. The number of hydrogen-bond acceptors (Lipinski definition) is 6. The summed E-state index contributed by atoms with van der Waals surface area (Å²) in [4.78, 5) is 41.5. The third-order valence-electron chi connectivity index (χ3n) is 7.82. The van der Waals surface area contributed by atoms with Crippen molar-refractivity contribution >= 4 is 46.9 Å². The van der Waals surface area contributed by atoms with Crippen molar-refractivity contribution in [1.82, 2.24) is 5.32 Å². The van der Waals surface area contributed by atoms with Crippen LogP contribution in [0.5, 0.6) is 11.5 Å². The molecule has 0 aliphatic carbocycles. The predicted molar refractivity (Wildman–Crippen MR) is 196 cm³/mol. The number of rotatable bonds is 12. The topological polar surface area (TPSA) is 106 Å². The van der Waals surface area contributed by atoms with Crippen LogP contribution in [0.4, 0.5) is 11.4 Å². The van der Waals surface area contributed by atoms with E-state index in [-0.39, 0.29) is 11.6 Å². The lowest BCUT2D eigenvalue weighted by atomic mass is 10.1. The van der Waals surface area contributed by atoms with Gasteiger partial charge in [0.15, 0.2) is 0 Å². The van der Waals surface area contributed by atoms with Crippen molar-refractivity contribution in [2.24, 2.45) is 0 Å². The molecule has 5 aromatic carbocycles. The first-order valence-electron chi connectivity index (χ1n) is 15.6. The third kappa shape index (κ3) is 8.97. The fourth-order valence-electron chi connectivity index (χ4n) is 5.00. The number of aryl methyl sites for hydroxylation is 1. The van der Waals surface area contributed by atoms with Gasteiger partial charge in [-0.1, -0.05) is 66.7 Å². The molecule has 1 unspecified atom stereocenters. The number of nitrogens with one attached hydrogen (secondary N) is 3. The lowest BCUT2D eigenvalue weighted by molar-refractivity contribution is -0.116. The molecule has 0 fully saturated rings. The number of carbonyl (C=O) groups is 3. The van der Waals surface area contributed by atoms with Gasteiger partial charge in [-0.3, -0.25) is 14.4 Å². The number of hydrogen-bond donors (Lipinski definition) is 3. The highest BCUT2D eigenvalue weighted by atomic mass is 32.2. The second-order valence-electron chi connectivity index (χ2n) is 11.1. The van der Waals surface area contributed by atoms with Crippen LogP contribution in [0.1, 0.15) is 37.9 Å². The number of anilines is 2. The normalized spacial score (nSPS) is 11.6. The molecule has 49 heavy (non-hydrogen) atoms. The number of thioether (sulfide) groups is 1. The van der Waals surface area contributed by atoms with Crippen LogP contribution >= 0.6 is 11.8 Å². The van der Waals surface area contributed by atoms with E-state index in [2.05, 4.69) is 16.0 Å². The summed E-state index contributed by atoms with van der Waals surface area (Å²) in [5, 5.41) is 8.21. The first-order chi connectivity index (χ1) is 23.7. The van der Waals surface area contributed by atoms with Crippen molar-refractivity contribution in [1.29, 1.82) is 0 Å². The molecular weight excluding hydrogens is 635 g/mol. The van der Waals surface area contributed by atoms with Crippen molar-refractivity contribution in [3.8, 4) is 11.5 Å². The van der Waals surface area contributed by atoms with Crippen LogP contribution < -0.4 is 25.4 Å². The van der Waals surface area contributed by atoms with Gasteiger partial charge in [-0.15, -0.1) is 11.8 Å². The standard InChI is InChI=1S/C40H37N3O5S/c1-26-13-11-20-34(27(26)2)42-40(46)37(28-14-7-5-8-15-28)49-33-19-12-18-31(24-33)41-39(45)35(43-38(44)29-16-9-6-10-17-29)23-30-21-22-32(47-3)25-36(30)48-4/h5-25,37H,1-4H3,(H,41,45)(H,42,46)(H,43,44)/b35-23+. The quantitative estimate of drug-likeness (QED) is 0.0913. The van der Waals surface area contributed by atoms with Gasteiger partial charge < -0.3 is 25.4 Å². The Morgan fingerprint density at radius 1 is 0.735 bits per heavy atom. The lowest BCUT2D eigenvalue weighted by Gasteiger charge is -2.19. The maximum absolute atomic E-state index is 13.8. The molecule has 5 rings (SSSR count). The number of methoxy groups -OCH3 is 2. The smallest absolute Gasteiger partial charge is 0.272 e. The molecule has 3 amide bonds. The Bertz CT molecular complexity index is 1980. The molecule has 0 aromatic heterocycles. The van der Waals surface area contributed by atoms with Crippen LogP contribution in [0, 0.1) is 13.8 Å². The lowest BCUT2D eigenvalue weighted by Crippen LogP contribution is -2.30. The molecule has 0 spiro atoms. The Hall–Kier alpha value is -5.80. The van der Waals surface area contributed by atoms with E-state index >= 15 is 0 Å². The van der Waals surface area contributed by atoms with Gasteiger partial charge in [-0.2, -0.15) is 0 Å². The average Bonchev–Trinajstić information content (AvgIpc) is 3.13. The van der Waals surface area contributed by atoms with Gasteiger partial charge in [0.05, 0.1) is 14.2 Å². The minimum atomic E-state index is -0.574. The SMILES string of the molecule is COc1ccc(/C=C(/NC(=O)c2ccccc2)C(=O)Nc2cccc(SC(C(=O)Nc3cccc(C)c3C)c3ccccc3)c2)c(OC)c1. The summed E-state index contributed by atoms with van der Waals surface area (Å²) in [7, 11) is 3.07. The zero-order chi connectivity index (χ0) is 34.8. The Kier molecular flexibility index (Phi) is 11.5. The fourth-order valence-corrected chi connectivity index (χ4v) is 6.09. The first-order valence-corrected chi connectivity index (χ1v) is 16.4. The third-order valence-corrected chi connectivity index (χ3v) is 9.07. The monoisotopic (exact) mass is 671 g/mol. The molecule has 0 saturated carbocycles. The van der Waals surface area contributed by atoms with Crippen molar-refractivity contribution in [3.63, 3.8) is 0 Å². The zero-order valence-corrected chi connectivity index (χ0v) is 28.5. The van der Waals surface area contributed by atoms with Crippen LogP contribution in [-0.4, -0.2) is 31.9 Å². The van der Waals surface area contributed by atoms with E-state index in [1.54, 1.807) is 73.8 Å². The minimum absolute atomic E-state index is 0.00504. The molecule has 1 atom stereocenters. The van der Waals surface area contributed by atoms with Crippen LogP contribution in [0.25, 0.3) is 6.08 Å². The van der Waals surface area contributed by atoms with Crippen LogP contribution in [-0.2, 0) is 9.59 Å². The molecule has 0 bridgehead atoms. The number of benzene rings is 5. The van der Waals surface area contributed by atoms with E-state index in [4.69, 9.17) is 9.47 Å². The van der Waals surface area contributed by atoms with Crippen molar-refractivity contribution in [3.05, 3.63) is 155 Å². The summed E-state index contributed by atoms with van der Waals surface area (Å²) in [6.45, 7) is 3.99. The predicted octanol–water partition coefficient (Wildman–Crippen LogP) is 8.20. The van der Waals surface area contributed by atoms with Crippen LogP contribution in [0.15, 0.2) is 132 Å². The summed E-state index contributed by atoms with van der Waals surface area (Å²) < 4.78 is 10.8. The second kappa shape index (κ2) is 16.3. The van der Waals surface area contributed by atoms with E-state index in [9.17, 15) is 14.4 Å². The first kappa shape index (κ1) is 34.5. The van der Waals surface area contributed by atoms with Gasteiger partial charge in [-0.25, -0.2) is 0 Å². The van der Waals surface area contributed by atoms with Gasteiger partial charge in [0.1, 0.15) is 22.4 Å². The van der Waals surface area contributed by atoms with Crippen molar-refractivity contribution < 1.29 is 23.9 Å². The Morgan fingerprint density at radius 2 is 1.45 bits per heavy atom. The van der Waals surface area contributed by atoms with Gasteiger partial charge in [0, 0.05) is 33.5 Å². The average molecular weight is 672 g/mol.